The van der Waals surface area contributed by atoms with Gasteiger partial charge in [0.25, 0.3) is 0 Å². The van der Waals surface area contributed by atoms with Crippen molar-refractivity contribution in [3.05, 3.63) is 23.7 Å². The van der Waals surface area contributed by atoms with Crippen LogP contribution in [0.15, 0.2) is 26.8 Å². The first-order valence-electron chi connectivity index (χ1n) is 7.30. The molecule has 0 aliphatic rings. The Labute approximate surface area is 138 Å². The van der Waals surface area contributed by atoms with Crippen LogP contribution in [-0.4, -0.2) is 51.0 Å². The quantitative estimate of drug-likeness (QED) is 0.435. The molecule has 23 heavy (non-hydrogen) atoms. The number of H-pyrrole nitrogens is 1. The van der Waals surface area contributed by atoms with Gasteiger partial charge in [-0.3, -0.25) is 4.79 Å². The lowest BCUT2D eigenvalue weighted by Gasteiger charge is -2.17. The van der Waals surface area contributed by atoms with E-state index >= 15 is 0 Å². The van der Waals surface area contributed by atoms with Crippen LogP contribution in [-0.2, 0) is 4.79 Å². The number of hydrogen-bond donors (Lipinski definition) is 2. The van der Waals surface area contributed by atoms with Gasteiger partial charge in [-0.05, 0) is 32.9 Å². The molecule has 124 valence electrons. The molecule has 2 rings (SSSR count). The van der Waals surface area contributed by atoms with Crippen LogP contribution >= 0.6 is 11.8 Å². The molecule has 0 unspecified atom stereocenters. The number of aromatic nitrogens is 3. The molecule has 0 saturated carbocycles. The van der Waals surface area contributed by atoms with Crippen LogP contribution in [0.1, 0.15) is 25.4 Å². The average Bonchev–Trinajstić information content (AvgIpc) is 3.16. The minimum absolute atomic E-state index is 0.0746. The summed E-state index contributed by atoms with van der Waals surface area (Å²) in [5.74, 6) is 2.26. The van der Waals surface area contributed by atoms with Crippen LogP contribution in [0.2, 0.25) is 0 Å². The summed E-state index contributed by atoms with van der Waals surface area (Å²) in [6.07, 6.45) is 1.55. The number of carbonyl (C=O) groups excluding carboxylic acids is 1. The van der Waals surface area contributed by atoms with E-state index < -0.39 is 0 Å². The summed E-state index contributed by atoms with van der Waals surface area (Å²) < 4.78 is 5.35. The topological polar surface area (TPSA) is 99.4 Å². The Bertz CT molecular complexity index is 662. The SMILES string of the molecule is CCN(CC)C(=O)CSc1n[nH]c(N/N=C/c2ccc(C)o2)n1. The third-order valence-electron chi connectivity index (χ3n) is 3.03. The van der Waals surface area contributed by atoms with Crippen molar-refractivity contribution in [3.63, 3.8) is 0 Å². The lowest BCUT2D eigenvalue weighted by atomic mass is 10.4. The molecule has 1 amide bonds. The van der Waals surface area contributed by atoms with Crippen LogP contribution in [0.25, 0.3) is 0 Å². The van der Waals surface area contributed by atoms with E-state index in [1.165, 1.54) is 11.8 Å². The molecule has 0 aromatic carbocycles. The molecule has 0 bridgehead atoms. The number of thioether (sulfide) groups is 1. The highest BCUT2D eigenvalue weighted by Gasteiger charge is 2.12. The largest absolute Gasteiger partial charge is 0.460 e. The van der Waals surface area contributed by atoms with Crippen LogP contribution in [0.3, 0.4) is 0 Å². The van der Waals surface area contributed by atoms with Gasteiger partial charge >= 0.3 is 0 Å². The number of hydrazone groups is 1. The normalized spacial score (nSPS) is 11.1. The Morgan fingerprint density at radius 3 is 2.91 bits per heavy atom. The number of rotatable bonds is 8. The highest BCUT2D eigenvalue weighted by molar-refractivity contribution is 7.99. The zero-order valence-electron chi connectivity index (χ0n) is 13.4. The standard InChI is InChI=1S/C14H20N6O2S/c1-4-20(5-2)12(21)9-23-14-16-13(18-19-14)17-15-8-11-7-6-10(3)22-11/h6-8H,4-5,9H2,1-3H3,(H2,16,17,18,19)/b15-8+. The van der Waals surface area contributed by atoms with E-state index in [4.69, 9.17) is 4.42 Å². The van der Waals surface area contributed by atoms with Gasteiger partial charge in [0.05, 0.1) is 12.0 Å². The average molecular weight is 336 g/mol. The van der Waals surface area contributed by atoms with Gasteiger partial charge in [-0.25, -0.2) is 10.5 Å². The molecule has 0 aliphatic heterocycles. The Morgan fingerprint density at radius 1 is 1.48 bits per heavy atom. The Hall–Kier alpha value is -2.29. The highest BCUT2D eigenvalue weighted by atomic mass is 32.2. The molecule has 2 aromatic heterocycles. The van der Waals surface area contributed by atoms with Gasteiger partial charge in [0.1, 0.15) is 11.5 Å². The van der Waals surface area contributed by atoms with Gasteiger partial charge in [0.2, 0.25) is 17.0 Å². The molecule has 0 fully saturated rings. The van der Waals surface area contributed by atoms with Gasteiger partial charge < -0.3 is 9.32 Å². The summed E-state index contributed by atoms with van der Waals surface area (Å²) >= 11 is 1.29. The third-order valence-corrected chi connectivity index (χ3v) is 3.86. The second kappa shape index (κ2) is 8.37. The van der Waals surface area contributed by atoms with E-state index in [0.29, 0.717) is 35.7 Å². The summed E-state index contributed by atoms with van der Waals surface area (Å²) in [4.78, 5) is 17.9. The lowest BCUT2D eigenvalue weighted by Crippen LogP contribution is -2.31. The van der Waals surface area contributed by atoms with Crippen molar-refractivity contribution >= 4 is 29.8 Å². The number of amides is 1. The summed E-state index contributed by atoms with van der Waals surface area (Å²) in [5, 5.41) is 11.2. The van der Waals surface area contributed by atoms with Crippen LogP contribution < -0.4 is 5.43 Å². The monoisotopic (exact) mass is 336 g/mol. The fraction of sp³-hybridized carbons (Fsp3) is 0.429. The van der Waals surface area contributed by atoms with Crippen LogP contribution in [0.5, 0.6) is 0 Å². The third kappa shape index (κ3) is 5.13. The number of hydrogen-bond acceptors (Lipinski definition) is 7. The van der Waals surface area contributed by atoms with Gasteiger partial charge in [0, 0.05) is 13.1 Å². The predicted octanol–water partition coefficient (Wildman–Crippen LogP) is 2.11. The maximum absolute atomic E-state index is 11.9. The number of aromatic amines is 1. The second-order valence-electron chi connectivity index (χ2n) is 4.64. The summed E-state index contributed by atoms with van der Waals surface area (Å²) in [6.45, 7) is 7.19. The molecule has 0 saturated heterocycles. The number of nitrogens with zero attached hydrogens (tertiary/aromatic N) is 4. The van der Waals surface area contributed by atoms with Gasteiger partial charge in [-0.15, -0.1) is 5.10 Å². The lowest BCUT2D eigenvalue weighted by molar-refractivity contribution is -0.127. The number of aryl methyl sites for hydroxylation is 1. The smallest absolute Gasteiger partial charge is 0.240 e. The van der Waals surface area contributed by atoms with E-state index in [-0.39, 0.29) is 5.91 Å². The van der Waals surface area contributed by atoms with E-state index in [2.05, 4.69) is 25.7 Å². The molecule has 0 spiro atoms. The number of furan rings is 1. The van der Waals surface area contributed by atoms with Crippen molar-refractivity contribution in [1.29, 1.82) is 0 Å². The molecule has 8 nitrogen and oxygen atoms in total. The molecule has 2 heterocycles. The summed E-state index contributed by atoms with van der Waals surface area (Å²) in [7, 11) is 0. The maximum atomic E-state index is 11.9. The number of anilines is 1. The van der Waals surface area contributed by atoms with Gasteiger partial charge in [-0.1, -0.05) is 11.8 Å². The molecule has 0 aliphatic carbocycles. The Balaban J connectivity index is 1.81. The first kappa shape index (κ1) is 17.1. The van der Waals surface area contributed by atoms with E-state index in [1.54, 1.807) is 11.1 Å². The fourth-order valence-electron chi connectivity index (χ4n) is 1.83. The zero-order chi connectivity index (χ0) is 16.7. The second-order valence-corrected chi connectivity index (χ2v) is 5.58. The highest BCUT2D eigenvalue weighted by Crippen LogP contribution is 2.14. The van der Waals surface area contributed by atoms with E-state index in [0.717, 1.165) is 5.76 Å². The minimum Gasteiger partial charge on any atom is -0.460 e. The van der Waals surface area contributed by atoms with Crippen molar-refractivity contribution in [1.82, 2.24) is 20.1 Å². The summed E-state index contributed by atoms with van der Waals surface area (Å²) in [6, 6.07) is 3.68. The van der Waals surface area contributed by atoms with Crippen LogP contribution in [0, 0.1) is 6.92 Å². The molecule has 9 heteroatoms. The van der Waals surface area contributed by atoms with Crippen molar-refractivity contribution in [2.75, 3.05) is 24.3 Å². The van der Waals surface area contributed by atoms with E-state index in [1.807, 2.05) is 32.9 Å². The Morgan fingerprint density at radius 2 is 2.26 bits per heavy atom. The number of carbonyl (C=O) groups is 1. The Kier molecular flexibility index (Phi) is 6.21. The molecule has 0 atom stereocenters. The van der Waals surface area contributed by atoms with Crippen molar-refractivity contribution in [3.8, 4) is 0 Å². The first-order chi connectivity index (χ1) is 11.1. The first-order valence-corrected chi connectivity index (χ1v) is 8.29. The van der Waals surface area contributed by atoms with Crippen molar-refractivity contribution in [2.45, 2.75) is 25.9 Å². The molecular formula is C14H20N6O2S. The number of nitrogens with one attached hydrogen (secondary N) is 2. The van der Waals surface area contributed by atoms with Crippen LogP contribution in [0.4, 0.5) is 5.95 Å². The zero-order valence-corrected chi connectivity index (χ0v) is 14.2. The molecular weight excluding hydrogens is 316 g/mol. The van der Waals surface area contributed by atoms with Crippen molar-refractivity contribution in [2.24, 2.45) is 5.10 Å². The predicted molar refractivity (Wildman–Crippen MR) is 89.7 cm³/mol. The molecule has 2 aromatic rings. The van der Waals surface area contributed by atoms with Crippen molar-refractivity contribution < 1.29 is 9.21 Å². The van der Waals surface area contributed by atoms with Gasteiger partial charge in [0.15, 0.2) is 0 Å². The maximum Gasteiger partial charge on any atom is 0.240 e. The fourth-order valence-corrected chi connectivity index (χ4v) is 2.54. The molecule has 2 N–H and O–H groups in total. The summed E-state index contributed by atoms with van der Waals surface area (Å²) in [5.41, 5.74) is 2.73. The van der Waals surface area contributed by atoms with Gasteiger partial charge in [-0.2, -0.15) is 10.1 Å². The minimum atomic E-state index is 0.0746. The molecule has 0 radical (unpaired) electrons. The van der Waals surface area contributed by atoms with E-state index in [9.17, 15) is 4.79 Å².